The lowest BCUT2D eigenvalue weighted by Gasteiger charge is -2.11. The van der Waals surface area contributed by atoms with E-state index in [1.165, 1.54) is 12.1 Å². The molecule has 0 atom stereocenters. The largest absolute Gasteiger partial charge is 0.496 e. The second-order valence-corrected chi connectivity index (χ2v) is 5.07. The van der Waals surface area contributed by atoms with Crippen LogP contribution in [0, 0.1) is 5.82 Å². The Bertz CT molecular complexity index is 584. The fraction of sp³-hybridized carbons (Fsp3) is 0.200. The number of hydrogen-bond acceptors (Lipinski definition) is 2. The second kappa shape index (κ2) is 6.93. The lowest BCUT2D eigenvalue weighted by atomic mass is 10.1. The number of rotatable bonds is 5. The molecule has 0 fully saturated rings. The molecule has 2 aromatic rings. The van der Waals surface area contributed by atoms with E-state index in [4.69, 9.17) is 27.9 Å². The zero-order valence-electron chi connectivity index (χ0n) is 10.9. The van der Waals surface area contributed by atoms with Crippen molar-refractivity contribution in [3.05, 3.63) is 63.4 Å². The van der Waals surface area contributed by atoms with Crippen molar-refractivity contribution in [2.45, 2.75) is 13.1 Å². The Balaban J connectivity index is 2.05. The Morgan fingerprint density at radius 2 is 1.80 bits per heavy atom. The molecule has 2 nitrogen and oxygen atoms in total. The highest BCUT2D eigenvalue weighted by atomic mass is 35.5. The molecule has 0 aliphatic rings. The number of hydrogen-bond donors (Lipinski definition) is 1. The second-order valence-electron chi connectivity index (χ2n) is 4.26. The van der Waals surface area contributed by atoms with Gasteiger partial charge in [-0.2, -0.15) is 0 Å². The fourth-order valence-electron chi connectivity index (χ4n) is 1.91. The average molecular weight is 314 g/mol. The molecule has 20 heavy (non-hydrogen) atoms. The molecule has 0 radical (unpaired) electrons. The van der Waals surface area contributed by atoms with Gasteiger partial charge in [-0.05, 0) is 30.3 Å². The number of methoxy groups -OCH3 is 1. The van der Waals surface area contributed by atoms with E-state index in [2.05, 4.69) is 5.32 Å². The maximum Gasteiger partial charge on any atom is 0.123 e. The first-order valence-corrected chi connectivity index (χ1v) is 6.83. The quantitative estimate of drug-likeness (QED) is 0.881. The van der Waals surface area contributed by atoms with Gasteiger partial charge in [-0.1, -0.05) is 29.3 Å². The number of halogens is 3. The molecular formula is C15H14Cl2FNO. The van der Waals surface area contributed by atoms with Gasteiger partial charge >= 0.3 is 0 Å². The van der Waals surface area contributed by atoms with Crippen LogP contribution in [0.15, 0.2) is 36.4 Å². The van der Waals surface area contributed by atoms with Crippen molar-refractivity contribution >= 4 is 23.2 Å². The maximum atomic E-state index is 13.2. The van der Waals surface area contributed by atoms with Crippen LogP contribution in [-0.2, 0) is 13.1 Å². The summed E-state index contributed by atoms with van der Waals surface area (Å²) in [6, 6.07) is 9.78. The fourth-order valence-corrected chi connectivity index (χ4v) is 2.44. The van der Waals surface area contributed by atoms with Crippen LogP contribution < -0.4 is 10.1 Å². The number of nitrogens with one attached hydrogen (secondary N) is 1. The van der Waals surface area contributed by atoms with Crippen LogP contribution in [0.25, 0.3) is 0 Å². The number of ether oxygens (including phenoxy) is 1. The SMILES string of the molecule is COc1ccc(F)cc1CNCc1c(Cl)cccc1Cl. The van der Waals surface area contributed by atoms with Gasteiger partial charge in [-0.25, -0.2) is 4.39 Å². The topological polar surface area (TPSA) is 21.3 Å². The van der Waals surface area contributed by atoms with E-state index in [0.29, 0.717) is 28.9 Å². The zero-order chi connectivity index (χ0) is 14.5. The average Bonchev–Trinajstić information content (AvgIpc) is 2.42. The van der Waals surface area contributed by atoms with Gasteiger partial charge in [-0.15, -0.1) is 0 Å². The molecular weight excluding hydrogens is 300 g/mol. The Morgan fingerprint density at radius 1 is 1.10 bits per heavy atom. The van der Waals surface area contributed by atoms with Crippen molar-refractivity contribution in [3.63, 3.8) is 0 Å². The van der Waals surface area contributed by atoms with Gasteiger partial charge in [0, 0.05) is 34.3 Å². The van der Waals surface area contributed by atoms with E-state index in [-0.39, 0.29) is 5.82 Å². The van der Waals surface area contributed by atoms with Crippen molar-refractivity contribution in [1.29, 1.82) is 0 Å². The van der Waals surface area contributed by atoms with Crippen LogP contribution in [0.5, 0.6) is 5.75 Å². The minimum absolute atomic E-state index is 0.293. The van der Waals surface area contributed by atoms with Crippen LogP contribution in [0.1, 0.15) is 11.1 Å². The summed E-state index contributed by atoms with van der Waals surface area (Å²) < 4.78 is 18.4. The van der Waals surface area contributed by atoms with Gasteiger partial charge in [0.05, 0.1) is 7.11 Å². The normalized spacial score (nSPS) is 10.6. The van der Waals surface area contributed by atoms with E-state index in [0.717, 1.165) is 11.1 Å². The van der Waals surface area contributed by atoms with Gasteiger partial charge in [0.1, 0.15) is 11.6 Å². The Kier molecular flexibility index (Phi) is 5.24. The van der Waals surface area contributed by atoms with E-state index in [9.17, 15) is 4.39 Å². The predicted octanol–water partition coefficient (Wildman–Crippen LogP) is 4.43. The molecule has 5 heteroatoms. The molecule has 0 aliphatic carbocycles. The number of benzene rings is 2. The van der Waals surface area contributed by atoms with Crippen molar-refractivity contribution in [1.82, 2.24) is 5.32 Å². The Labute approximate surface area is 127 Å². The third kappa shape index (κ3) is 3.63. The molecule has 0 saturated heterocycles. The van der Waals surface area contributed by atoms with Gasteiger partial charge in [0.15, 0.2) is 0 Å². The highest BCUT2D eigenvalue weighted by molar-refractivity contribution is 6.35. The summed E-state index contributed by atoms with van der Waals surface area (Å²) >= 11 is 12.2. The lowest BCUT2D eigenvalue weighted by molar-refractivity contribution is 0.406. The lowest BCUT2D eigenvalue weighted by Crippen LogP contribution is -2.14. The summed E-state index contributed by atoms with van der Waals surface area (Å²) in [6.07, 6.45) is 0. The van der Waals surface area contributed by atoms with Gasteiger partial charge < -0.3 is 10.1 Å². The molecule has 0 heterocycles. The summed E-state index contributed by atoms with van der Waals surface area (Å²) in [6.45, 7) is 0.959. The Morgan fingerprint density at radius 3 is 2.45 bits per heavy atom. The van der Waals surface area contributed by atoms with Crippen molar-refractivity contribution in [3.8, 4) is 5.75 Å². The molecule has 0 unspecified atom stereocenters. The molecule has 0 amide bonds. The molecule has 106 valence electrons. The third-order valence-corrected chi connectivity index (χ3v) is 3.63. The van der Waals surface area contributed by atoms with Crippen molar-refractivity contribution in [2.75, 3.05) is 7.11 Å². The first-order chi connectivity index (χ1) is 9.61. The van der Waals surface area contributed by atoms with E-state index < -0.39 is 0 Å². The van der Waals surface area contributed by atoms with Crippen LogP contribution in [0.2, 0.25) is 10.0 Å². The minimum Gasteiger partial charge on any atom is -0.496 e. The van der Waals surface area contributed by atoms with Crippen LogP contribution in [-0.4, -0.2) is 7.11 Å². The van der Waals surface area contributed by atoms with Gasteiger partial charge in [-0.3, -0.25) is 0 Å². The van der Waals surface area contributed by atoms with Crippen molar-refractivity contribution in [2.24, 2.45) is 0 Å². The van der Waals surface area contributed by atoms with E-state index in [1.807, 2.05) is 0 Å². The molecule has 0 spiro atoms. The maximum absolute atomic E-state index is 13.2. The zero-order valence-corrected chi connectivity index (χ0v) is 12.4. The van der Waals surface area contributed by atoms with Crippen LogP contribution in [0.3, 0.4) is 0 Å². The molecule has 2 rings (SSSR count). The molecule has 0 aromatic heterocycles. The summed E-state index contributed by atoms with van der Waals surface area (Å²) in [5.74, 6) is 0.350. The Hall–Kier alpha value is -1.29. The standard InChI is InChI=1S/C15H14Cl2FNO/c1-20-15-6-5-11(18)7-10(15)8-19-9-12-13(16)3-2-4-14(12)17/h2-7,19H,8-9H2,1H3. The molecule has 1 N–H and O–H groups in total. The first-order valence-electron chi connectivity index (χ1n) is 6.08. The summed E-state index contributed by atoms with van der Waals surface area (Å²) in [4.78, 5) is 0. The van der Waals surface area contributed by atoms with Gasteiger partial charge in [0.25, 0.3) is 0 Å². The molecule has 0 aliphatic heterocycles. The molecule has 0 saturated carbocycles. The highest BCUT2D eigenvalue weighted by Gasteiger charge is 2.07. The van der Waals surface area contributed by atoms with Crippen LogP contribution >= 0.6 is 23.2 Å². The van der Waals surface area contributed by atoms with E-state index >= 15 is 0 Å². The predicted molar refractivity (Wildman–Crippen MR) is 80.0 cm³/mol. The summed E-state index contributed by atoms with van der Waals surface area (Å²) in [5, 5.41) is 4.40. The van der Waals surface area contributed by atoms with Crippen LogP contribution in [0.4, 0.5) is 4.39 Å². The monoisotopic (exact) mass is 313 g/mol. The summed E-state index contributed by atoms with van der Waals surface area (Å²) in [5.41, 5.74) is 1.57. The van der Waals surface area contributed by atoms with Gasteiger partial charge in [0.2, 0.25) is 0 Å². The highest BCUT2D eigenvalue weighted by Crippen LogP contribution is 2.24. The third-order valence-electron chi connectivity index (χ3n) is 2.92. The molecule has 0 bridgehead atoms. The first kappa shape index (κ1) is 15.1. The van der Waals surface area contributed by atoms with Crippen molar-refractivity contribution < 1.29 is 9.13 Å². The molecule has 2 aromatic carbocycles. The van der Waals surface area contributed by atoms with E-state index in [1.54, 1.807) is 31.4 Å². The summed E-state index contributed by atoms with van der Waals surface area (Å²) in [7, 11) is 1.56. The smallest absolute Gasteiger partial charge is 0.123 e. The minimum atomic E-state index is -0.293.